The first-order chi connectivity index (χ1) is 14.5. The summed E-state index contributed by atoms with van der Waals surface area (Å²) in [5, 5.41) is 6.87. The van der Waals surface area contributed by atoms with E-state index in [2.05, 4.69) is 20.3 Å². The topological polar surface area (TPSA) is 110 Å². The van der Waals surface area contributed by atoms with Gasteiger partial charge in [0, 0.05) is 63.7 Å². The standard InChI is InChI=1S/C20H30N6O4S/c1-13-9-18(10-14(2)21-13)30-17-7-8-25(12-17)15(3)19-11-20(22-16(4)27)26(23-19)31(28,29)24(5)6/h9-11,15,17H,7-8,12H2,1-6H3,(H,22,27)/t15?,17-/m0/s1. The third-order valence-corrected chi connectivity index (χ3v) is 6.83. The molecule has 10 nitrogen and oxygen atoms in total. The summed E-state index contributed by atoms with van der Waals surface area (Å²) in [6, 6.07) is 5.30. The molecule has 0 aliphatic carbocycles. The Labute approximate surface area is 183 Å². The van der Waals surface area contributed by atoms with Gasteiger partial charge in [0.15, 0.2) is 0 Å². The van der Waals surface area contributed by atoms with E-state index in [0.717, 1.165) is 38.5 Å². The molecule has 1 unspecified atom stereocenters. The summed E-state index contributed by atoms with van der Waals surface area (Å²) in [6.07, 6.45) is 0.867. The number of hydrogen-bond acceptors (Lipinski definition) is 7. The van der Waals surface area contributed by atoms with Crippen LogP contribution in [0.5, 0.6) is 5.75 Å². The lowest BCUT2D eigenvalue weighted by atomic mass is 10.2. The Morgan fingerprint density at radius 1 is 1.26 bits per heavy atom. The van der Waals surface area contributed by atoms with E-state index < -0.39 is 10.2 Å². The minimum Gasteiger partial charge on any atom is -0.489 e. The number of hydrogen-bond donors (Lipinski definition) is 1. The fourth-order valence-electron chi connectivity index (χ4n) is 3.63. The molecule has 1 aliphatic rings. The number of likely N-dealkylation sites (tertiary alicyclic amines) is 1. The van der Waals surface area contributed by atoms with Crippen molar-refractivity contribution in [3.8, 4) is 5.75 Å². The summed E-state index contributed by atoms with van der Waals surface area (Å²) >= 11 is 0. The fraction of sp³-hybridized carbons (Fsp3) is 0.550. The maximum atomic E-state index is 12.6. The number of ether oxygens (including phenoxy) is 1. The largest absolute Gasteiger partial charge is 0.489 e. The normalized spacial score (nSPS) is 18.4. The number of carbonyl (C=O) groups excluding carboxylic acids is 1. The zero-order valence-electron chi connectivity index (χ0n) is 18.8. The Kier molecular flexibility index (Phi) is 6.68. The van der Waals surface area contributed by atoms with Gasteiger partial charge in [-0.15, -0.1) is 4.09 Å². The van der Waals surface area contributed by atoms with Crippen LogP contribution < -0.4 is 10.1 Å². The number of aromatic nitrogens is 3. The SMILES string of the molecule is CC(=O)Nc1cc(C(C)N2CC[C@H](Oc3cc(C)nc(C)c3)C2)nn1S(=O)(=O)N(C)C. The molecule has 1 saturated heterocycles. The smallest absolute Gasteiger partial charge is 0.324 e. The summed E-state index contributed by atoms with van der Waals surface area (Å²) in [7, 11) is -1.04. The van der Waals surface area contributed by atoms with Crippen molar-refractivity contribution in [2.24, 2.45) is 0 Å². The molecule has 31 heavy (non-hydrogen) atoms. The van der Waals surface area contributed by atoms with Gasteiger partial charge in [0.2, 0.25) is 5.91 Å². The number of anilines is 1. The van der Waals surface area contributed by atoms with Gasteiger partial charge in [-0.25, -0.2) is 0 Å². The van der Waals surface area contributed by atoms with E-state index in [1.807, 2.05) is 32.9 Å². The summed E-state index contributed by atoms with van der Waals surface area (Å²) in [5.41, 5.74) is 2.39. The number of nitrogens with zero attached hydrogens (tertiary/aromatic N) is 5. The molecular weight excluding hydrogens is 420 g/mol. The predicted octanol–water partition coefficient (Wildman–Crippen LogP) is 1.72. The quantitative estimate of drug-likeness (QED) is 0.684. The molecule has 1 aliphatic heterocycles. The van der Waals surface area contributed by atoms with Crippen molar-refractivity contribution < 1.29 is 17.9 Å². The van der Waals surface area contributed by atoms with E-state index >= 15 is 0 Å². The van der Waals surface area contributed by atoms with Crippen LogP contribution in [0.4, 0.5) is 5.82 Å². The van der Waals surface area contributed by atoms with Gasteiger partial charge >= 0.3 is 10.2 Å². The summed E-state index contributed by atoms with van der Waals surface area (Å²) in [6.45, 7) is 8.65. The van der Waals surface area contributed by atoms with E-state index in [1.165, 1.54) is 21.0 Å². The van der Waals surface area contributed by atoms with Crippen LogP contribution in [0, 0.1) is 13.8 Å². The molecule has 3 heterocycles. The number of rotatable bonds is 7. The van der Waals surface area contributed by atoms with Crippen LogP contribution in [0.3, 0.4) is 0 Å². The van der Waals surface area contributed by atoms with Crippen LogP contribution in [-0.4, -0.2) is 71.0 Å². The molecule has 2 aromatic rings. The Morgan fingerprint density at radius 3 is 2.48 bits per heavy atom. The second-order valence-electron chi connectivity index (χ2n) is 8.05. The molecule has 0 radical (unpaired) electrons. The molecular formula is C20H30N6O4S. The predicted molar refractivity (Wildman–Crippen MR) is 117 cm³/mol. The first kappa shape index (κ1) is 23.2. The third kappa shape index (κ3) is 5.23. The lowest BCUT2D eigenvalue weighted by molar-refractivity contribution is -0.114. The van der Waals surface area contributed by atoms with Gasteiger partial charge < -0.3 is 10.1 Å². The van der Waals surface area contributed by atoms with Gasteiger partial charge in [-0.2, -0.15) is 17.8 Å². The molecule has 2 aromatic heterocycles. The number of pyridine rings is 1. The van der Waals surface area contributed by atoms with Crippen molar-refractivity contribution in [2.75, 3.05) is 32.5 Å². The highest BCUT2D eigenvalue weighted by atomic mass is 32.2. The number of carbonyl (C=O) groups is 1. The van der Waals surface area contributed by atoms with E-state index in [1.54, 1.807) is 6.07 Å². The van der Waals surface area contributed by atoms with Crippen molar-refractivity contribution in [3.05, 3.63) is 35.3 Å². The number of nitrogens with one attached hydrogen (secondary N) is 1. The highest BCUT2D eigenvalue weighted by Gasteiger charge is 2.31. The molecule has 170 valence electrons. The Bertz CT molecular complexity index is 1050. The van der Waals surface area contributed by atoms with Gasteiger partial charge in [-0.05, 0) is 27.2 Å². The lowest BCUT2D eigenvalue weighted by Crippen LogP contribution is -2.31. The molecule has 2 atom stereocenters. The average Bonchev–Trinajstić information content (AvgIpc) is 3.27. The molecule has 1 N–H and O–H groups in total. The van der Waals surface area contributed by atoms with Gasteiger partial charge in [0.1, 0.15) is 17.7 Å². The molecule has 1 fully saturated rings. The van der Waals surface area contributed by atoms with Crippen LogP contribution in [0.2, 0.25) is 0 Å². The molecule has 11 heteroatoms. The van der Waals surface area contributed by atoms with Crippen LogP contribution in [0.25, 0.3) is 0 Å². The van der Waals surface area contributed by atoms with Crippen molar-refractivity contribution in [3.63, 3.8) is 0 Å². The van der Waals surface area contributed by atoms with E-state index in [9.17, 15) is 13.2 Å². The average molecular weight is 451 g/mol. The van der Waals surface area contributed by atoms with Crippen LogP contribution in [0.15, 0.2) is 18.2 Å². The minimum absolute atomic E-state index is 0.0195. The highest BCUT2D eigenvalue weighted by molar-refractivity contribution is 7.87. The highest BCUT2D eigenvalue weighted by Crippen LogP contribution is 2.29. The van der Waals surface area contributed by atoms with E-state index in [-0.39, 0.29) is 23.9 Å². The van der Waals surface area contributed by atoms with Crippen molar-refractivity contribution in [1.82, 2.24) is 23.4 Å². The summed E-state index contributed by atoms with van der Waals surface area (Å²) in [5.74, 6) is 0.559. The van der Waals surface area contributed by atoms with Crippen molar-refractivity contribution >= 4 is 21.9 Å². The summed E-state index contributed by atoms with van der Waals surface area (Å²) < 4.78 is 33.4. The molecule has 3 rings (SSSR count). The molecule has 0 spiro atoms. The Hall–Kier alpha value is -2.50. The Morgan fingerprint density at radius 2 is 1.90 bits per heavy atom. The maximum absolute atomic E-state index is 12.6. The first-order valence-corrected chi connectivity index (χ1v) is 11.5. The number of amides is 1. The minimum atomic E-state index is -3.87. The van der Waals surface area contributed by atoms with E-state index in [4.69, 9.17) is 4.74 Å². The van der Waals surface area contributed by atoms with Gasteiger partial charge in [0.05, 0.1) is 11.7 Å². The molecule has 0 bridgehead atoms. The van der Waals surface area contributed by atoms with Gasteiger partial charge in [-0.1, -0.05) is 0 Å². The maximum Gasteiger partial charge on any atom is 0.324 e. The zero-order valence-corrected chi connectivity index (χ0v) is 19.6. The lowest BCUT2D eigenvalue weighted by Gasteiger charge is -2.22. The second-order valence-corrected chi connectivity index (χ2v) is 10.0. The van der Waals surface area contributed by atoms with Gasteiger partial charge in [-0.3, -0.25) is 14.7 Å². The molecule has 0 saturated carbocycles. The molecule has 1 amide bonds. The molecule has 0 aromatic carbocycles. The monoisotopic (exact) mass is 450 g/mol. The van der Waals surface area contributed by atoms with Gasteiger partial charge in [0.25, 0.3) is 0 Å². The van der Waals surface area contributed by atoms with Crippen molar-refractivity contribution in [2.45, 2.75) is 46.3 Å². The zero-order chi connectivity index (χ0) is 22.9. The van der Waals surface area contributed by atoms with Crippen molar-refractivity contribution in [1.29, 1.82) is 0 Å². The Balaban J connectivity index is 1.77. The van der Waals surface area contributed by atoms with E-state index in [0.29, 0.717) is 12.2 Å². The second kappa shape index (κ2) is 8.93. The fourth-order valence-corrected chi connectivity index (χ4v) is 4.48. The van der Waals surface area contributed by atoms with Crippen LogP contribution in [0.1, 0.15) is 43.4 Å². The first-order valence-electron chi connectivity index (χ1n) is 10.1. The van der Waals surface area contributed by atoms with Crippen LogP contribution in [-0.2, 0) is 15.0 Å². The number of aryl methyl sites for hydroxylation is 2. The summed E-state index contributed by atoms with van der Waals surface area (Å²) in [4.78, 5) is 18.1. The third-order valence-electron chi connectivity index (χ3n) is 5.19. The van der Waals surface area contributed by atoms with Crippen LogP contribution >= 0.6 is 0 Å².